The first-order chi connectivity index (χ1) is 18.1. The highest BCUT2D eigenvalue weighted by Gasteiger charge is 2.29. The Morgan fingerprint density at radius 1 is 0.921 bits per heavy atom. The Labute approximate surface area is 219 Å². The molecule has 0 unspecified atom stereocenters. The third kappa shape index (κ3) is 6.87. The van der Waals surface area contributed by atoms with Crippen LogP contribution in [-0.2, 0) is 34.0 Å². The van der Waals surface area contributed by atoms with E-state index in [0.29, 0.717) is 30.1 Å². The van der Waals surface area contributed by atoms with Crippen molar-refractivity contribution in [3.05, 3.63) is 81.5 Å². The lowest BCUT2D eigenvalue weighted by atomic mass is 10.1. The van der Waals surface area contributed by atoms with Crippen LogP contribution in [0.15, 0.2) is 53.3 Å². The van der Waals surface area contributed by atoms with Crippen LogP contribution >= 0.6 is 0 Å². The standard InChI is InChI=1S/C27H31N3O8/c1-5-15-29-22(17-37-24(32)20-11-13-21(14-12-20)38-27(3,4)25(33)34)28-30(26(29)35)16-18-7-9-19(10-8-18)23(31)36-6-2/h7-14H,5-6,15-17H2,1-4H3,(H,33,34). The number of carboxylic acid groups (broad SMARTS) is 1. The zero-order valence-corrected chi connectivity index (χ0v) is 21.8. The lowest BCUT2D eigenvalue weighted by Crippen LogP contribution is -2.37. The van der Waals surface area contributed by atoms with Crippen LogP contribution in [0.3, 0.4) is 0 Å². The number of aromatic nitrogens is 3. The van der Waals surface area contributed by atoms with E-state index in [1.807, 2.05) is 6.92 Å². The predicted octanol–water partition coefficient (Wildman–Crippen LogP) is 3.28. The van der Waals surface area contributed by atoms with E-state index in [9.17, 15) is 24.3 Å². The Morgan fingerprint density at radius 3 is 2.05 bits per heavy atom. The smallest absolute Gasteiger partial charge is 0.347 e. The van der Waals surface area contributed by atoms with Gasteiger partial charge in [-0.2, -0.15) is 5.10 Å². The Kier molecular flexibility index (Phi) is 9.06. The fourth-order valence-corrected chi connectivity index (χ4v) is 3.49. The van der Waals surface area contributed by atoms with Crippen LogP contribution < -0.4 is 10.4 Å². The molecule has 38 heavy (non-hydrogen) atoms. The quantitative estimate of drug-likeness (QED) is 0.353. The molecular formula is C27H31N3O8. The number of rotatable bonds is 12. The molecule has 202 valence electrons. The van der Waals surface area contributed by atoms with Crippen LogP contribution in [-0.4, -0.2) is 49.6 Å². The Balaban J connectivity index is 1.69. The molecule has 11 nitrogen and oxygen atoms in total. The molecule has 0 bridgehead atoms. The molecule has 0 fully saturated rings. The number of ether oxygens (including phenoxy) is 3. The van der Waals surface area contributed by atoms with Gasteiger partial charge in [-0.05, 0) is 69.2 Å². The monoisotopic (exact) mass is 525 g/mol. The first-order valence-corrected chi connectivity index (χ1v) is 12.2. The van der Waals surface area contributed by atoms with Crippen LogP contribution in [0.1, 0.15) is 66.2 Å². The normalized spacial score (nSPS) is 11.2. The van der Waals surface area contributed by atoms with Crippen molar-refractivity contribution in [2.75, 3.05) is 6.61 Å². The number of aliphatic carboxylic acids is 1. The molecule has 2 aromatic carbocycles. The van der Waals surface area contributed by atoms with Crippen LogP contribution in [0.5, 0.6) is 5.75 Å². The van der Waals surface area contributed by atoms with E-state index in [1.165, 1.54) is 47.4 Å². The predicted molar refractivity (Wildman–Crippen MR) is 136 cm³/mol. The second-order valence-electron chi connectivity index (χ2n) is 8.94. The maximum Gasteiger partial charge on any atom is 0.347 e. The molecule has 1 aromatic heterocycles. The number of carbonyl (C=O) groups excluding carboxylic acids is 2. The SMILES string of the molecule is CCCn1c(COC(=O)c2ccc(OC(C)(C)C(=O)O)cc2)nn(Cc2ccc(C(=O)OCC)cc2)c1=O. The summed E-state index contributed by atoms with van der Waals surface area (Å²) < 4.78 is 18.6. The van der Waals surface area contributed by atoms with E-state index in [0.717, 1.165) is 5.56 Å². The van der Waals surface area contributed by atoms with Crippen LogP contribution in [0.2, 0.25) is 0 Å². The minimum absolute atomic E-state index is 0.174. The van der Waals surface area contributed by atoms with Crippen LogP contribution in [0, 0.1) is 0 Å². The summed E-state index contributed by atoms with van der Waals surface area (Å²) in [5.41, 5.74) is -0.353. The van der Waals surface area contributed by atoms with Gasteiger partial charge < -0.3 is 19.3 Å². The van der Waals surface area contributed by atoms with Gasteiger partial charge in [-0.1, -0.05) is 19.1 Å². The maximum absolute atomic E-state index is 13.0. The highest BCUT2D eigenvalue weighted by molar-refractivity contribution is 5.90. The summed E-state index contributed by atoms with van der Waals surface area (Å²) in [4.78, 5) is 48.6. The van der Waals surface area contributed by atoms with Crippen molar-refractivity contribution in [2.24, 2.45) is 0 Å². The van der Waals surface area contributed by atoms with Crippen molar-refractivity contribution >= 4 is 17.9 Å². The summed E-state index contributed by atoms with van der Waals surface area (Å²) in [6.45, 7) is 7.14. The molecule has 11 heteroatoms. The van der Waals surface area contributed by atoms with Gasteiger partial charge in [0.05, 0.1) is 24.3 Å². The molecule has 0 radical (unpaired) electrons. The van der Waals surface area contributed by atoms with Crippen molar-refractivity contribution in [1.82, 2.24) is 14.3 Å². The second-order valence-corrected chi connectivity index (χ2v) is 8.94. The number of carboxylic acids is 1. The lowest BCUT2D eigenvalue weighted by Gasteiger charge is -2.21. The fraction of sp³-hybridized carbons (Fsp3) is 0.370. The van der Waals surface area contributed by atoms with E-state index in [2.05, 4.69) is 5.10 Å². The van der Waals surface area contributed by atoms with Gasteiger partial charge in [0.1, 0.15) is 5.75 Å². The van der Waals surface area contributed by atoms with E-state index >= 15 is 0 Å². The number of carbonyl (C=O) groups is 3. The van der Waals surface area contributed by atoms with Gasteiger partial charge in [-0.3, -0.25) is 4.57 Å². The fourth-order valence-electron chi connectivity index (χ4n) is 3.49. The number of esters is 2. The van der Waals surface area contributed by atoms with Crippen LogP contribution in [0.4, 0.5) is 0 Å². The summed E-state index contributed by atoms with van der Waals surface area (Å²) >= 11 is 0. The first kappa shape index (κ1) is 28.2. The summed E-state index contributed by atoms with van der Waals surface area (Å²) in [6.07, 6.45) is 0.676. The zero-order valence-electron chi connectivity index (χ0n) is 21.8. The number of hydrogen-bond acceptors (Lipinski definition) is 8. The van der Waals surface area contributed by atoms with E-state index in [4.69, 9.17) is 14.2 Å². The topological polar surface area (TPSA) is 139 Å². The summed E-state index contributed by atoms with van der Waals surface area (Å²) in [5.74, 6) is -1.57. The number of hydrogen-bond donors (Lipinski definition) is 1. The average molecular weight is 526 g/mol. The van der Waals surface area contributed by atoms with Gasteiger partial charge >= 0.3 is 23.6 Å². The average Bonchev–Trinajstić information content (AvgIpc) is 3.17. The van der Waals surface area contributed by atoms with Crippen molar-refractivity contribution < 1.29 is 33.7 Å². The van der Waals surface area contributed by atoms with Gasteiger partial charge in [-0.15, -0.1) is 0 Å². The summed E-state index contributed by atoms with van der Waals surface area (Å²) in [7, 11) is 0. The van der Waals surface area contributed by atoms with Gasteiger partial charge in [0, 0.05) is 6.54 Å². The first-order valence-electron chi connectivity index (χ1n) is 12.2. The molecule has 1 N–H and O–H groups in total. The molecule has 0 spiro atoms. The van der Waals surface area contributed by atoms with Gasteiger partial charge in [0.2, 0.25) is 0 Å². The Bertz CT molecular complexity index is 1340. The second kappa shape index (κ2) is 12.2. The van der Waals surface area contributed by atoms with E-state index < -0.39 is 23.5 Å². The molecule has 0 aliphatic carbocycles. The molecule has 0 saturated carbocycles. The van der Waals surface area contributed by atoms with Crippen molar-refractivity contribution in [3.8, 4) is 5.75 Å². The molecule has 3 rings (SSSR count). The van der Waals surface area contributed by atoms with Crippen LogP contribution in [0.25, 0.3) is 0 Å². The summed E-state index contributed by atoms with van der Waals surface area (Å²) in [6, 6.07) is 12.6. The largest absolute Gasteiger partial charge is 0.478 e. The van der Waals surface area contributed by atoms with Crippen molar-refractivity contribution in [3.63, 3.8) is 0 Å². The third-order valence-corrected chi connectivity index (χ3v) is 5.55. The highest BCUT2D eigenvalue weighted by Crippen LogP contribution is 2.20. The minimum atomic E-state index is -1.42. The molecule has 0 aliphatic heterocycles. The molecule has 0 amide bonds. The molecule has 0 atom stereocenters. The van der Waals surface area contributed by atoms with E-state index in [-0.39, 0.29) is 31.0 Å². The molecular weight excluding hydrogens is 494 g/mol. The lowest BCUT2D eigenvalue weighted by molar-refractivity contribution is -0.152. The number of benzene rings is 2. The molecule has 3 aromatic rings. The van der Waals surface area contributed by atoms with E-state index in [1.54, 1.807) is 31.2 Å². The van der Waals surface area contributed by atoms with Gasteiger partial charge in [0.25, 0.3) is 0 Å². The zero-order chi connectivity index (χ0) is 27.9. The molecule has 0 aliphatic rings. The van der Waals surface area contributed by atoms with Gasteiger partial charge in [0.15, 0.2) is 18.0 Å². The minimum Gasteiger partial charge on any atom is -0.478 e. The Hall–Kier alpha value is -4.41. The van der Waals surface area contributed by atoms with Gasteiger partial charge in [-0.25, -0.2) is 23.9 Å². The Morgan fingerprint density at radius 2 is 1.50 bits per heavy atom. The molecule has 1 heterocycles. The maximum atomic E-state index is 13.0. The van der Waals surface area contributed by atoms with Crippen molar-refractivity contribution in [1.29, 1.82) is 0 Å². The molecule has 0 saturated heterocycles. The highest BCUT2D eigenvalue weighted by atomic mass is 16.5. The number of nitrogens with zero attached hydrogens (tertiary/aromatic N) is 3. The van der Waals surface area contributed by atoms with Crippen molar-refractivity contribution in [2.45, 2.75) is 59.4 Å². The third-order valence-electron chi connectivity index (χ3n) is 5.55. The summed E-state index contributed by atoms with van der Waals surface area (Å²) in [5, 5.41) is 13.6.